The molecule has 13 heteroatoms. The quantitative estimate of drug-likeness (QED) is 0.261. The molecule has 1 fully saturated rings. The Morgan fingerprint density at radius 2 is 1.90 bits per heavy atom. The highest BCUT2D eigenvalue weighted by Gasteiger charge is 2.45. The number of nitrogens with one attached hydrogen (secondary N) is 2. The zero-order valence-electron chi connectivity index (χ0n) is 21.3. The molecule has 1 aliphatic heterocycles. The van der Waals surface area contributed by atoms with Gasteiger partial charge < -0.3 is 20.5 Å². The maximum absolute atomic E-state index is 13.8. The van der Waals surface area contributed by atoms with Gasteiger partial charge in [-0.1, -0.05) is 41.9 Å². The van der Waals surface area contributed by atoms with Crippen LogP contribution in [-0.4, -0.2) is 57.3 Å². The summed E-state index contributed by atoms with van der Waals surface area (Å²) in [4.78, 5) is 34.8. The molecule has 9 nitrogen and oxygen atoms in total. The van der Waals surface area contributed by atoms with E-state index in [4.69, 9.17) is 16.3 Å². The molecule has 0 saturated carbocycles. The Kier molecular flexibility index (Phi) is 7.70. The molecule has 4 aromatic rings. The Balaban J connectivity index is 1.50. The lowest BCUT2D eigenvalue weighted by molar-refractivity contribution is -0.138. The van der Waals surface area contributed by atoms with Gasteiger partial charge in [0.25, 0.3) is 5.91 Å². The maximum atomic E-state index is 13.8. The van der Waals surface area contributed by atoms with E-state index >= 15 is 0 Å². The van der Waals surface area contributed by atoms with Crippen LogP contribution in [0.4, 0.5) is 18.0 Å². The van der Waals surface area contributed by atoms with Gasteiger partial charge in [-0.25, -0.2) is 14.8 Å². The van der Waals surface area contributed by atoms with Crippen molar-refractivity contribution in [3.63, 3.8) is 0 Å². The number of amides is 2. The Bertz CT molecular complexity index is 1620. The smallest absolute Gasteiger partial charge is 0.416 e. The van der Waals surface area contributed by atoms with E-state index in [1.807, 2.05) is 0 Å². The summed E-state index contributed by atoms with van der Waals surface area (Å²) in [5.74, 6) is -0.0113. The van der Waals surface area contributed by atoms with E-state index in [1.54, 1.807) is 36.4 Å². The Hall–Kier alpha value is -4.42. The molecule has 0 bridgehead atoms. The maximum Gasteiger partial charge on any atom is 0.416 e. The van der Waals surface area contributed by atoms with Crippen molar-refractivity contribution < 1.29 is 32.6 Å². The van der Waals surface area contributed by atoms with Crippen LogP contribution in [0.25, 0.3) is 10.8 Å². The molecule has 1 unspecified atom stereocenters. The van der Waals surface area contributed by atoms with Crippen LogP contribution < -0.4 is 15.4 Å². The zero-order valence-corrected chi connectivity index (χ0v) is 22.0. The first-order valence-corrected chi connectivity index (χ1v) is 12.8. The van der Waals surface area contributed by atoms with Crippen molar-refractivity contribution >= 4 is 34.4 Å². The molecule has 3 N–H and O–H groups in total. The Labute approximate surface area is 236 Å². The fraction of sp³-hybridized carbons (Fsp3) is 0.214. The van der Waals surface area contributed by atoms with E-state index in [0.29, 0.717) is 16.5 Å². The number of hydrogen-bond acceptors (Lipinski definition) is 6. The van der Waals surface area contributed by atoms with Gasteiger partial charge in [0.05, 0.1) is 5.56 Å². The summed E-state index contributed by atoms with van der Waals surface area (Å²) in [5.41, 5.74) is -2.52. The Morgan fingerprint density at radius 3 is 2.66 bits per heavy atom. The summed E-state index contributed by atoms with van der Waals surface area (Å²) < 4.78 is 47.2. The monoisotopic (exact) mass is 585 g/mol. The predicted molar refractivity (Wildman–Crippen MR) is 144 cm³/mol. The summed E-state index contributed by atoms with van der Waals surface area (Å²) in [6.07, 6.45) is -5.17. The molecule has 3 aromatic carbocycles. The number of fused-ring (bicyclic) bond motifs is 1. The zero-order chi connectivity index (χ0) is 29.2. The molecule has 0 aliphatic carbocycles. The number of carbonyl (C=O) groups excluding carboxylic acids is 1. The van der Waals surface area contributed by atoms with Gasteiger partial charge in [0.2, 0.25) is 5.88 Å². The lowest BCUT2D eigenvalue weighted by Crippen LogP contribution is -2.71. The van der Waals surface area contributed by atoms with Crippen LogP contribution in [0.15, 0.2) is 73.1 Å². The molecule has 0 radical (unpaired) electrons. The molecule has 2 amide bonds. The standard InChI is InChI=1S/C28H23ClF3N5O4/c29-23-13-24(35-16-34-23)41-19-8-9-20-17(12-19)5-3-6-21(20)25(38)36-27(15-33-10-11-37(27)26(39)40)14-18-4-1-2-7-22(18)28(30,31)32/h1-9,12-13,16,33H,10-11,14-15H2,(H,36,38)(H,39,40). The highest BCUT2D eigenvalue weighted by Crippen LogP contribution is 2.35. The second kappa shape index (κ2) is 11.2. The molecular weight excluding hydrogens is 563 g/mol. The third-order valence-corrected chi connectivity index (χ3v) is 6.96. The number of halogens is 4. The number of nitrogens with zero attached hydrogens (tertiary/aromatic N) is 3. The molecule has 1 atom stereocenters. The van der Waals surface area contributed by atoms with Gasteiger partial charge in [-0.2, -0.15) is 13.2 Å². The molecule has 41 heavy (non-hydrogen) atoms. The van der Waals surface area contributed by atoms with E-state index < -0.39 is 35.8 Å². The number of alkyl halides is 3. The van der Waals surface area contributed by atoms with Crippen molar-refractivity contribution in [2.45, 2.75) is 18.3 Å². The average molecular weight is 586 g/mol. The second-order valence-corrected chi connectivity index (χ2v) is 9.79. The molecule has 1 aromatic heterocycles. The van der Waals surface area contributed by atoms with Gasteiger partial charge in [0.1, 0.15) is 22.9 Å². The minimum atomic E-state index is -4.66. The highest BCUT2D eigenvalue weighted by atomic mass is 35.5. The van der Waals surface area contributed by atoms with Crippen molar-refractivity contribution in [2.75, 3.05) is 19.6 Å². The lowest BCUT2D eigenvalue weighted by atomic mass is 9.91. The first-order chi connectivity index (χ1) is 19.6. The third-order valence-electron chi connectivity index (χ3n) is 6.76. The van der Waals surface area contributed by atoms with Crippen molar-refractivity contribution in [2.24, 2.45) is 0 Å². The summed E-state index contributed by atoms with van der Waals surface area (Å²) in [7, 11) is 0. The number of carbonyl (C=O) groups is 2. The van der Waals surface area contributed by atoms with E-state index in [0.717, 1.165) is 11.0 Å². The molecule has 2 heterocycles. The Morgan fingerprint density at radius 1 is 1.10 bits per heavy atom. The van der Waals surface area contributed by atoms with Gasteiger partial charge >= 0.3 is 12.3 Å². The third kappa shape index (κ3) is 6.03. The van der Waals surface area contributed by atoms with Gasteiger partial charge in [-0.05, 0) is 46.7 Å². The number of carboxylic acid groups (broad SMARTS) is 1. The van der Waals surface area contributed by atoms with Crippen LogP contribution in [0, 0.1) is 0 Å². The number of ether oxygens (including phenoxy) is 1. The van der Waals surface area contributed by atoms with E-state index in [1.165, 1.54) is 30.6 Å². The largest absolute Gasteiger partial charge is 0.465 e. The molecular formula is C28H23ClF3N5O4. The first kappa shape index (κ1) is 28.1. The first-order valence-electron chi connectivity index (χ1n) is 12.4. The lowest BCUT2D eigenvalue weighted by Gasteiger charge is -2.46. The van der Waals surface area contributed by atoms with E-state index in [-0.39, 0.29) is 41.8 Å². The number of hydrogen-bond donors (Lipinski definition) is 3. The van der Waals surface area contributed by atoms with Crippen molar-refractivity contribution in [1.82, 2.24) is 25.5 Å². The molecule has 1 saturated heterocycles. The summed E-state index contributed by atoms with van der Waals surface area (Å²) >= 11 is 5.89. The van der Waals surface area contributed by atoms with Crippen LogP contribution in [0.5, 0.6) is 11.6 Å². The molecule has 0 spiro atoms. The van der Waals surface area contributed by atoms with Crippen molar-refractivity contribution in [3.8, 4) is 11.6 Å². The normalized spacial score (nSPS) is 17.3. The van der Waals surface area contributed by atoms with Crippen LogP contribution in [0.3, 0.4) is 0 Å². The van der Waals surface area contributed by atoms with Gasteiger partial charge in [-0.3, -0.25) is 9.69 Å². The van der Waals surface area contributed by atoms with Crippen molar-refractivity contribution in [3.05, 3.63) is 94.9 Å². The number of rotatable bonds is 6. The van der Waals surface area contributed by atoms with Crippen LogP contribution >= 0.6 is 11.6 Å². The summed E-state index contributed by atoms with van der Waals surface area (Å²) in [6.45, 7) is 0.147. The number of benzene rings is 3. The SMILES string of the molecule is O=C(NC1(Cc2ccccc2C(F)(F)F)CNCCN1C(=O)O)c1cccc2cc(Oc3cc(Cl)ncn3)ccc12. The number of piperazine rings is 1. The number of aromatic nitrogens is 2. The molecule has 212 valence electrons. The van der Waals surface area contributed by atoms with E-state index in [2.05, 4.69) is 20.6 Å². The highest BCUT2D eigenvalue weighted by molar-refractivity contribution is 6.29. The predicted octanol–water partition coefficient (Wildman–Crippen LogP) is 5.35. The van der Waals surface area contributed by atoms with Crippen molar-refractivity contribution in [1.29, 1.82) is 0 Å². The minimum Gasteiger partial charge on any atom is -0.465 e. The topological polar surface area (TPSA) is 117 Å². The molecule has 1 aliphatic rings. The van der Waals surface area contributed by atoms with Crippen LogP contribution in [-0.2, 0) is 12.6 Å². The molecule has 5 rings (SSSR count). The van der Waals surface area contributed by atoms with Gasteiger partial charge in [-0.15, -0.1) is 0 Å². The summed E-state index contributed by atoms with van der Waals surface area (Å²) in [6, 6.07) is 16.3. The van der Waals surface area contributed by atoms with Gasteiger partial charge in [0, 0.05) is 37.7 Å². The van der Waals surface area contributed by atoms with Crippen LogP contribution in [0.2, 0.25) is 5.15 Å². The average Bonchev–Trinajstić information content (AvgIpc) is 2.92. The van der Waals surface area contributed by atoms with E-state index in [9.17, 15) is 27.9 Å². The fourth-order valence-electron chi connectivity index (χ4n) is 4.95. The fourth-order valence-corrected chi connectivity index (χ4v) is 5.09. The van der Waals surface area contributed by atoms with Crippen LogP contribution in [0.1, 0.15) is 21.5 Å². The second-order valence-electron chi connectivity index (χ2n) is 9.40. The minimum absolute atomic E-state index is 0.0346. The van der Waals surface area contributed by atoms with Gasteiger partial charge in [0.15, 0.2) is 0 Å². The summed E-state index contributed by atoms with van der Waals surface area (Å²) in [5, 5.41) is 17.2.